The van der Waals surface area contributed by atoms with Gasteiger partial charge >= 0.3 is 0 Å². The van der Waals surface area contributed by atoms with Crippen LogP contribution in [0.5, 0.6) is 0 Å². The van der Waals surface area contributed by atoms with Gasteiger partial charge in [0.05, 0.1) is 10.8 Å². The summed E-state index contributed by atoms with van der Waals surface area (Å²) in [6.45, 7) is 0.895. The maximum atomic E-state index is 12.0. The molecule has 1 aromatic rings. The highest BCUT2D eigenvalue weighted by Crippen LogP contribution is 2.33. The number of amides is 2. The Balaban J connectivity index is 1.84. The van der Waals surface area contributed by atoms with Gasteiger partial charge in [0, 0.05) is 30.8 Å². The lowest BCUT2D eigenvalue weighted by Crippen LogP contribution is -2.28. The molecule has 1 heterocycles. The molecule has 0 spiro atoms. The van der Waals surface area contributed by atoms with E-state index in [4.69, 9.17) is 5.73 Å². The summed E-state index contributed by atoms with van der Waals surface area (Å²) < 4.78 is 0. The molecule has 8 nitrogen and oxygen atoms in total. The first-order chi connectivity index (χ1) is 11.0. The molecule has 1 saturated carbocycles. The Bertz CT molecular complexity index is 671. The minimum atomic E-state index is -0.499. The smallest absolute Gasteiger partial charge is 0.293 e. The van der Waals surface area contributed by atoms with Crippen LogP contribution in [0.25, 0.3) is 0 Å². The number of rotatable bonds is 5. The third kappa shape index (κ3) is 3.25. The predicted octanol–water partition coefficient (Wildman–Crippen LogP) is 0.799. The molecule has 2 amide bonds. The summed E-state index contributed by atoms with van der Waals surface area (Å²) >= 11 is 0. The Labute approximate surface area is 132 Å². The fourth-order valence-corrected chi connectivity index (χ4v) is 2.79. The van der Waals surface area contributed by atoms with E-state index in [1.807, 2.05) is 0 Å². The van der Waals surface area contributed by atoms with E-state index in [9.17, 15) is 19.7 Å². The van der Waals surface area contributed by atoms with Crippen molar-refractivity contribution >= 4 is 23.2 Å². The molecule has 1 saturated heterocycles. The molecular weight excluding hydrogens is 300 g/mol. The van der Waals surface area contributed by atoms with Crippen LogP contribution in [-0.4, -0.2) is 35.9 Å². The van der Waals surface area contributed by atoms with Gasteiger partial charge < -0.3 is 16.0 Å². The molecule has 1 aliphatic heterocycles. The van der Waals surface area contributed by atoms with Crippen LogP contribution in [0.2, 0.25) is 0 Å². The van der Waals surface area contributed by atoms with Crippen molar-refractivity contribution in [3.8, 4) is 0 Å². The van der Waals surface area contributed by atoms with Gasteiger partial charge in [0.25, 0.3) is 11.6 Å². The molecule has 2 aliphatic rings. The van der Waals surface area contributed by atoms with Crippen LogP contribution in [-0.2, 0) is 4.79 Å². The summed E-state index contributed by atoms with van der Waals surface area (Å²) in [4.78, 5) is 35.9. The zero-order valence-corrected chi connectivity index (χ0v) is 12.5. The molecule has 2 fully saturated rings. The minimum Gasteiger partial charge on any atom is -0.369 e. The molecule has 0 radical (unpaired) electrons. The highest BCUT2D eigenvalue weighted by molar-refractivity contribution is 5.96. The SMILES string of the molecule is NC(=O)C1CCN(c2ccc(C(=O)NC3CC3)cc2[N+](=O)[O-])C1. The zero-order valence-electron chi connectivity index (χ0n) is 12.5. The summed E-state index contributed by atoms with van der Waals surface area (Å²) in [5.41, 5.74) is 5.87. The molecule has 122 valence electrons. The average molecular weight is 318 g/mol. The number of hydrogen-bond acceptors (Lipinski definition) is 5. The van der Waals surface area contributed by atoms with Crippen molar-refractivity contribution in [1.29, 1.82) is 0 Å². The lowest BCUT2D eigenvalue weighted by atomic mass is 10.1. The van der Waals surface area contributed by atoms with Gasteiger partial charge in [0.15, 0.2) is 0 Å². The van der Waals surface area contributed by atoms with E-state index < -0.39 is 10.8 Å². The van der Waals surface area contributed by atoms with Crippen LogP contribution in [0.15, 0.2) is 18.2 Å². The van der Waals surface area contributed by atoms with Crippen molar-refractivity contribution in [3.05, 3.63) is 33.9 Å². The van der Waals surface area contributed by atoms with E-state index in [-0.39, 0.29) is 29.1 Å². The second-order valence-corrected chi connectivity index (χ2v) is 6.04. The molecule has 1 aromatic carbocycles. The first-order valence-electron chi connectivity index (χ1n) is 7.59. The lowest BCUT2D eigenvalue weighted by molar-refractivity contribution is -0.384. The largest absolute Gasteiger partial charge is 0.369 e. The Morgan fingerprint density at radius 2 is 2.04 bits per heavy atom. The maximum Gasteiger partial charge on any atom is 0.293 e. The molecule has 0 bridgehead atoms. The number of primary amides is 1. The van der Waals surface area contributed by atoms with Crippen molar-refractivity contribution in [2.75, 3.05) is 18.0 Å². The van der Waals surface area contributed by atoms with E-state index in [1.54, 1.807) is 17.0 Å². The van der Waals surface area contributed by atoms with Gasteiger partial charge in [0.1, 0.15) is 5.69 Å². The number of hydrogen-bond donors (Lipinski definition) is 2. The van der Waals surface area contributed by atoms with Crippen LogP contribution in [0.4, 0.5) is 11.4 Å². The fourth-order valence-electron chi connectivity index (χ4n) is 2.79. The molecule has 1 aliphatic carbocycles. The zero-order chi connectivity index (χ0) is 16.6. The van der Waals surface area contributed by atoms with Gasteiger partial charge in [0.2, 0.25) is 5.91 Å². The number of carbonyl (C=O) groups excluding carboxylic acids is 2. The Morgan fingerprint density at radius 3 is 2.61 bits per heavy atom. The van der Waals surface area contributed by atoms with E-state index in [0.29, 0.717) is 25.2 Å². The number of nitrogens with zero attached hydrogens (tertiary/aromatic N) is 2. The van der Waals surface area contributed by atoms with E-state index in [2.05, 4.69) is 5.32 Å². The highest BCUT2D eigenvalue weighted by atomic mass is 16.6. The summed E-state index contributed by atoms with van der Waals surface area (Å²) in [5.74, 6) is -0.985. The Hall–Kier alpha value is -2.64. The third-order valence-electron chi connectivity index (χ3n) is 4.28. The van der Waals surface area contributed by atoms with Gasteiger partial charge in [-0.05, 0) is 31.4 Å². The summed E-state index contributed by atoms with van der Waals surface area (Å²) in [5, 5.41) is 14.2. The van der Waals surface area contributed by atoms with Gasteiger partial charge in [-0.25, -0.2) is 0 Å². The monoisotopic (exact) mass is 318 g/mol. The number of benzene rings is 1. The van der Waals surface area contributed by atoms with Crippen molar-refractivity contribution in [2.45, 2.75) is 25.3 Å². The molecule has 3 N–H and O–H groups in total. The van der Waals surface area contributed by atoms with Crippen molar-refractivity contribution in [1.82, 2.24) is 5.32 Å². The summed E-state index contributed by atoms with van der Waals surface area (Å²) in [6.07, 6.45) is 2.48. The van der Waals surface area contributed by atoms with Crippen molar-refractivity contribution < 1.29 is 14.5 Å². The van der Waals surface area contributed by atoms with Gasteiger partial charge in [-0.1, -0.05) is 0 Å². The van der Waals surface area contributed by atoms with Crippen LogP contribution >= 0.6 is 0 Å². The van der Waals surface area contributed by atoms with Crippen molar-refractivity contribution in [3.63, 3.8) is 0 Å². The summed E-state index contributed by atoms with van der Waals surface area (Å²) in [6, 6.07) is 4.64. The maximum absolute atomic E-state index is 12.0. The standard InChI is InChI=1S/C15H18N4O4/c16-14(20)10-5-6-18(8-10)12-4-1-9(7-13(12)19(22)23)15(21)17-11-2-3-11/h1,4,7,10-11H,2-3,5-6,8H2,(H2,16,20)(H,17,21). The molecular formula is C15H18N4O4. The number of anilines is 1. The molecule has 3 rings (SSSR count). The Morgan fingerprint density at radius 1 is 1.30 bits per heavy atom. The molecule has 0 aromatic heterocycles. The first kappa shape index (κ1) is 15.3. The second kappa shape index (κ2) is 5.86. The normalized spacial score (nSPS) is 20.3. The lowest BCUT2D eigenvalue weighted by Gasteiger charge is -2.18. The van der Waals surface area contributed by atoms with Gasteiger partial charge in [-0.15, -0.1) is 0 Å². The van der Waals surface area contributed by atoms with Gasteiger partial charge in [-0.2, -0.15) is 0 Å². The molecule has 1 unspecified atom stereocenters. The topological polar surface area (TPSA) is 119 Å². The number of nitrogens with one attached hydrogen (secondary N) is 1. The minimum absolute atomic E-state index is 0.126. The van der Waals surface area contributed by atoms with Crippen molar-refractivity contribution in [2.24, 2.45) is 11.7 Å². The van der Waals surface area contributed by atoms with E-state index in [1.165, 1.54) is 6.07 Å². The number of nitro benzene ring substituents is 1. The summed E-state index contributed by atoms with van der Waals surface area (Å²) in [7, 11) is 0. The van der Waals surface area contributed by atoms with Gasteiger partial charge in [-0.3, -0.25) is 19.7 Å². The molecule has 1 atom stereocenters. The predicted molar refractivity (Wildman–Crippen MR) is 83.1 cm³/mol. The van der Waals surface area contributed by atoms with Crippen LogP contribution < -0.4 is 16.0 Å². The fraction of sp³-hybridized carbons (Fsp3) is 0.467. The first-order valence-corrected chi connectivity index (χ1v) is 7.59. The number of carbonyl (C=O) groups is 2. The number of nitro groups is 1. The van der Waals surface area contributed by atoms with Crippen LogP contribution in [0.1, 0.15) is 29.6 Å². The van der Waals surface area contributed by atoms with Crippen LogP contribution in [0, 0.1) is 16.0 Å². The van der Waals surface area contributed by atoms with Crippen LogP contribution in [0.3, 0.4) is 0 Å². The average Bonchev–Trinajstić information content (AvgIpc) is 3.18. The van der Waals surface area contributed by atoms with E-state index in [0.717, 1.165) is 12.8 Å². The molecule has 8 heteroatoms. The molecule has 23 heavy (non-hydrogen) atoms. The Kier molecular flexibility index (Phi) is 3.89. The number of nitrogens with two attached hydrogens (primary N) is 1. The quantitative estimate of drug-likeness (QED) is 0.615. The second-order valence-electron chi connectivity index (χ2n) is 6.04. The third-order valence-corrected chi connectivity index (χ3v) is 4.28. The highest BCUT2D eigenvalue weighted by Gasteiger charge is 2.31. The van der Waals surface area contributed by atoms with E-state index >= 15 is 0 Å².